The minimum absolute atomic E-state index is 0.0639. The average Bonchev–Trinajstić information content (AvgIpc) is 2.85. The number of sulfone groups is 1. The molecule has 0 bridgehead atoms. The lowest BCUT2D eigenvalue weighted by atomic mass is 10.2. The molecule has 22 heavy (non-hydrogen) atoms. The Hall–Kier alpha value is -1.70. The normalized spacial score (nSPS) is 19.2. The summed E-state index contributed by atoms with van der Waals surface area (Å²) in [6.07, 6.45) is 4.92. The van der Waals surface area contributed by atoms with Crippen LogP contribution in [0.3, 0.4) is 0 Å². The first-order valence-corrected chi connectivity index (χ1v) is 8.83. The lowest BCUT2D eigenvalue weighted by Crippen LogP contribution is -2.42. The highest BCUT2D eigenvalue weighted by Gasteiger charge is 2.35. The van der Waals surface area contributed by atoms with Crippen LogP contribution < -0.4 is 0 Å². The van der Waals surface area contributed by atoms with Gasteiger partial charge in [-0.1, -0.05) is 0 Å². The van der Waals surface area contributed by atoms with E-state index in [-0.39, 0.29) is 16.8 Å². The molecule has 1 saturated heterocycles. The van der Waals surface area contributed by atoms with Crippen molar-refractivity contribution in [1.29, 1.82) is 0 Å². The molecule has 0 unspecified atom stereocenters. The largest absolute Gasteiger partial charge is 0.444 e. The van der Waals surface area contributed by atoms with Crippen molar-refractivity contribution >= 4 is 15.9 Å². The first-order chi connectivity index (χ1) is 10.2. The fourth-order valence-electron chi connectivity index (χ4n) is 2.35. The van der Waals surface area contributed by atoms with Gasteiger partial charge in [0.05, 0.1) is 11.9 Å². The maximum atomic E-state index is 12.4. The molecule has 0 radical (unpaired) electrons. The summed E-state index contributed by atoms with van der Waals surface area (Å²) in [6, 6.07) is -0.387. The van der Waals surface area contributed by atoms with E-state index in [1.807, 2.05) is 0 Å². The highest BCUT2D eigenvalue weighted by Crippen LogP contribution is 2.23. The van der Waals surface area contributed by atoms with Crippen LogP contribution in [0.5, 0.6) is 0 Å². The summed E-state index contributed by atoms with van der Waals surface area (Å²) in [5, 5.41) is -0.0639. The second kappa shape index (κ2) is 6.20. The number of rotatable bonds is 3. The van der Waals surface area contributed by atoms with E-state index in [0.717, 1.165) is 6.42 Å². The lowest BCUT2D eigenvalue weighted by molar-refractivity contribution is 0.0241. The summed E-state index contributed by atoms with van der Waals surface area (Å²) in [6.45, 7) is 5.86. The van der Waals surface area contributed by atoms with Crippen molar-refractivity contribution in [2.75, 3.05) is 12.3 Å². The molecule has 7 nitrogen and oxygen atoms in total. The Morgan fingerprint density at radius 1 is 1.41 bits per heavy atom. The molecule has 0 spiro atoms. The van der Waals surface area contributed by atoms with Gasteiger partial charge in [-0.3, -0.25) is 4.98 Å². The molecular weight excluding hydrogens is 306 g/mol. The van der Waals surface area contributed by atoms with Crippen LogP contribution in [0.2, 0.25) is 0 Å². The zero-order chi connectivity index (χ0) is 16.4. The molecule has 1 aromatic heterocycles. The van der Waals surface area contributed by atoms with Crippen molar-refractivity contribution in [1.82, 2.24) is 14.9 Å². The van der Waals surface area contributed by atoms with Crippen molar-refractivity contribution in [3.05, 3.63) is 18.6 Å². The van der Waals surface area contributed by atoms with Crippen LogP contribution in [0.15, 0.2) is 23.6 Å². The molecule has 1 aliphatic heterocycles. The predicted molar refractivity (Wildman–Crippen MR) is 80.0 cm³/mol. The van der Waals surface area contributed by atoms with Crippen LogP contribution in [0, 0.1) is 0 Å². The van der Waals surface area contributed by atoms with Crippen molar-refractivity contribution in [2.24, 2.45) is 0 Å². The van der Waals surface area contributed by atoms with Crippen molar-refractivity contribution in [3.63, 3.8) is 0 Å². The highest BCUT2D eigenvalue weighted by atomic mass is 32.2. The molecule has 0 N–H and O–H groups in total. The summed E-state index contributed by atoms with van der Waals surface area (Å²) in [4.78, 5) is 21.3. The van der Waals surface area contributed by atoms with Gasteiger partial charge in [0.25, 0.3) is 0 Å². The van der Waals surface area contributed by atoms with Crippen molar-refractivity contribution in [2.45, 2.75) is 50.3 Å². The number of hydrogen-bond donors (Lipinski definition) is 0. The van der Waals surface area contributed by atoms with Crippen LogP contribution in [-0.4, -0.2) is 53.3 Å². The van der Waals surface area contributed by atoms with E-state index in [4.69, 9.17) is 4.74 Å². The fourth-order valence-corrected chi connectivity index (χ4v) is 3.82. The number of ether oxygens (including phenoxy) is 1. The molecule has 1 fully saturated rings. The summed E-state index contributed by atoms with van der Waals surface area (Å²) in [5.74, 6) is -0.162. The Balaban J connectivity index is 2.10. The topological polar surface area (TPSA) is 89.5 Å². The smallest absolute Gasteiger partial charge is 0.410 e. The van der Waals surface area contributed by atoms with E-state index >= 15 is 0 Å². The second-order valence-corrected chi connectivity index (χ2v) is 8.28. The van der Waals surface area contributed by atoms with Gasteiger partial charge in [0.15, 0.2) is 14.9 Å². The highest BCUT2D eigenvalue weighted by molar-refractivity contribution is 7.91. The first-order valence-electron chi connectivity index (χ1n) is 7.17. The third-order valence-corrected chi connectivity index (χ3v) is 4.95. The van der Waals surface area contributed by atoms with Crippen molar-refractivity contribution in [3.8, 4) is 0 Å². The molecule has 1 amide bonds. The van der Waals surface area contributed by atoms with E-state index in [9.17, 15) is 13.2 Å². The number of carbonyl (C=O) groups is 1. The van der Waals surface area contributed by atoms with Crippen LogP contribution in [-0.2, 0) is 14.6 Å². The second-order valence-electron chi connectivity index (χ2n) is 6.29. The average molecular weight is 327 g/mol. The standard InChI is InChI=1S/C14H21N3O4S/c1-14(2,3)21-13(18)17-8-4-5-11(17)10-22(19,20)12-9-15-6-7-16-12/h6-7,9,11H,4-5,8,10H2,1-3H3/t11-/m1/s1. The van der Waals surface area contributed by atoms with Crippen molar-refractivity contribution < 1.29 is 17.9 Å². The monoisotopic (exact) mass is 327 g/mol. The molecule has 8 heteroatoms. The molecule has 1 aromatic rings. The maximum absolute atomic E-state index is 12.4. The number of nitrogens with zero attached hydrogens (tertiary/aromatic N) is 3. The molecule has 2 heterocycles. The number of hydrogen-bond acceptors (Lipinski definition) is 6. The Morgan fingerprint density at radius 3 is 2.73 bits per heavy atom. The van der Waals surface area contributed by atoms with Gasteiger partial charge in [0, 0.05) is 25.0 Å². The van der Waals surface area contributed by atoms with Crippen LogP contribution in [0.1, 0.15) is 33.6 Å². The molecular formula is C14H21N3O4S. The van der Waals surface area contributed by atoms with Crippen LogP contribution in [0.4, 0.5) is 4.79 Å². The van der Waals surface area contributed by atoms with Gasteiger partial charge in [-0.15, -0.1) is 0 Å². The van der Waals surface area contributed by atoms with Gasteiger partial charge in [-0.2, -0.15) is 0 Å². The van der Waals surface area contributed by atoms with Gasteiger partial charge in [-0.05, 0) is 33.6 Å². The summed E-state index contributed by atoms with van der Waals surface area (Å²) >= 11 is 0. The van der Waals surface area contributed by atoms with Crippen LogP contribution in [0.25, 0.3) is 0 Å². The molecule has 1 atom stereocenters. The Bertz CT molecular complexity index is 625. The zero-order valence-corrected chi connectivity index (χ0v) is 13.8. The lowest BCUT2D eigenvalue weighted by Gasteiger charge is -2.28. The molecule has 122 valence electrons. The Morgan fingerprint density at radius 2 is 2.14 bits per heavy atom. The third-order valence-electron chi connectivity index (χ3n) is 3.28. The number of aromatic nitrogens is 2. The van der Waals surface area contributed by atoms with E-state index in [0.29, 0.717) is 13.0 Å². The quantitative estimate of drug-likeness (QED) is 0.838. The van der Waals surface area contributed by atoms with Gasteiger partial charge in [0.1, 0.15) is 5.60 Å². The zero-order valence-electron chi connectivity index (χ0n) is 13.0. The SMILES string of the molecule is CC(C)(C)OC(=O)N1CCC[C@@H]1CS(=O)(=O)c1cnccn1. The summed E-state index contributed by atoms with van der Waals surface area (Å²) in [5.41, 5.74) is -0.603. The van der Waals surface area contributed by atoms with E-state index in [2.05, 4.69) is 9.97 Å². The summed E-state index contributed by atoms with van der Waals surface area (Å²) in [7, 11) is -3.58. The predicted octanol–water partition coefficient (Wildman–Crippen LogP) is 1.65. The minimum Gasteiger partial charge on any atom is -0.444 e. The minimum atomic E-state index is -3.58. The van der Waals surface area contributed by atoms with Gasteiger partial charge >= 0.3 is 6.09 Å². The first kappa shape index (κ1) is 16.7. The molecule has 1 aliphatic rings. The fraction of sp³-hybridized carbons (Fsp3) is 0.643. The van der Waals surface area contributed by atoms with Gasteiger partial charge in [-0.25, -0.2) is 18.2 Å². The van der Waals surface area contributed by atoms with Gasteiger partial charge < -0.3 is 9.64 Å². The maximum Gasteiger partial charge on any atom is 0.410 e. The Labute approximate surface area is 130 Å². The molecule has 2 rings (SSSR count). The van der Waals surface area contributed by atoms with E-state index in [1.54, 1.807) is 20.8 Å². The third kappa shape index (κ3) is 4.16. The number of amides is 1. The molecule has 0 aliphatic carbocycles. The molecule has 0 saturated carbocycles. The Kier molecular flexibility index (Phi) is 4.69. The van der Waals surface area contributed by atoms with Crippen LogP contribution >= 0.6 is 0 Å². The van der Waals surface area contributed by atoms with E-state index in [1.165, 1.54) is 23.5 Å². The van der Waals surface area contributed by atoms with Gasteiger partial charge in [0.2, 0.25) is 0 Å². The number of carbonyl (C=O) groups excluding carboxylic acids is 1. The van der Waals surface area contributed by atoms with E-state index < -0.39 is 21.5 Å². The molecule has 0 aromatic carbocycles. The number of likely N-dealkylation sites (tertiary alicyclic amines) is 1. The summed E-state index contributed by atoms with van der Waals surface area (Å²) < 4.78 is 30.1.